The van der Waals surface area contributed by atoms with E-state index in [4.69, 9.17) is 0 Å². The highest BCUT2D eigenvalue weighted by molar-refractivity contribution is 5.79. The van der Waals surface area contributed by atoms with Gasteiger partial charge in [0.05, 0.1) is 0 Å². The van der Waals surface area contributed by atoms with Crippen molar-refractivity contribution in [2.24, 2.45) is 0 Å². The van der Waals surface area contributed by atoms with Crippen molar-refractivity contribution in [3.05, 3.63) is 103 Å². The number of aryl methyl sites for hydroxylation is 1. The molecule has 3 rings (SSSR count). The van der Waals surface area contributed by atoms with Crippen molar-refractivity contribution in [1.29, 1.82) is 0 Å². The van der Waals surface area contributed by atoms with Gasteiger partial charge in [-0.15, -0.1) is 0 Å². The Morgan fingerprint density at radius 3 is 2.28 bits per heavy atom. The van der Waals surface area contributed by atoms with Gasteiger partial charge in [0.25, 0.3) is 0 Å². The van der Waals surface area contributed by atoms with Crippen molar-refractivity contribution in [3.63, 3.8) is 0 Å². The number of hydrogen-bond donors (Lipinski definition) is 1. The Bertz CT molecular complexity index is 874. The number of nitrogens with one attached hydrogen (secondary N) is 1. The fourth-order valence-corrected chi connectivity index (χ4v) is 2.87. The second kappa shape index (κ2) is 7.67. The van der Waals surface area contributed by atoms with Gasteiger partial charge in [-0.1, -0.05) is 86.8 Å². The van der Waals surface area contributed by atoms with Crippen LogP contribution in [0.25, 0.3) is 22.9 Å². The average molecular weight is 325 g/mol. The molecule has 0 aliphatic carbocycles. The minimum Gasteiger partial charge on any atom is -0.355 e. The summed E-state index contributed by atoms with van der Waals surface area (Å²) in [5.41, 5.74) is 7.97. The van der Waals surface area contributed by atoms with E-state index >= 15 is 0 Å². The van der Waals surface area contributed by atoms with E-state index in [-0.39, 0.29) is 0 Å². The Hall–Kier alpha value is -3.06. The molecule has 0 saturated carbocycles. The number of rotatable bonds is 6. The lowest BCUT2D eigenvalue weighted by Crippen LogP contribution is -2.01. The first-order chi connectivity index (χ1) is 12.2. The van der Waals surface area contributed by atoms with Gasteiger partial charge in [0.2, 0.25) is 0 Å². The van der Waals surface area contributed by atoms with Crippen LogP contribution in [0, 0.1) is 0 Å². The fourth-order valence-electron chi connectivity index (χ4n) is 2.87. The topological polar surface area (TPSA) is 12.0 Å². The number of anilines is 1. The minimum absolute atomic E-state index is 0.901. The first-order valence-corrected chi connectivity index (χ1v) is 8.58. The molecule has 0 aliphatic rings. The van der Waals surface area contributed by atoms with E-state index in [0.717, 1.165) is 28.9 Å². The molecule has 25 heavy (non-hydrogen) atoms. The zero-order valence-electron chi connectivity index (χ0n) is 14.6. The van der Waals surface area contributed by atoms with E-state index in [9.17, 15) is 0 Å². The van der Waals surface area contributed by atoms with Crippen LogP contribution in [-0.4, -0.2) is 0 Å². The standard InChI is InChI=1S/C24H23N/c1-4-19-11-13-21(14-12-19)18(3)25-24-16-15-23(17-20(24)5-2)22-9-7-6-8-10-22/h4,6-17,25H,1,3,5H2,2H3. The summed E-state index contributed by atoms with van der Waals surface area (Å²) in [6.07, 6.45) is 2.81. The number of hydrogen-bond acceptors (Lipinski definition) is 1. The van der Waals surface area contributed by atoms with Crippen LogP contribution in [0.1, 0.15) is 23.6 Å². The molecule has 0 radical (unpaired) electrons. The SMILES string of the molecule is C=Cc1ccc(C(=C)Nc2ccc(-c3ccccc3)cc2CC)cc1. The van der Waals surface area contributed by atoms with E-state index in [1.807, 2.05) is 12.1 Å². The van der Waals surface area contributed by atoms with E-state index in [1.54, 1.807) is 0 Å². The molecule has 0 spiro atoms. The average Bonchev–Trinajstić information content (AvgIpc) is 2.69. The largest absolute Gasteiger partial charge is 0.355 e. The lowest BCUT2D eigenvalue weighted by atomic mass is 10.00. The summed E-state index contributed by atoms with van der Waals surface area (Å²) in [5.74, 6) is 0. The highest BCUT2D eigenvalue weighted by Crippen LogP contribution is 2.28. The van der Waals surface area contributed by atoms with Gasteiger partial charge in [-0.2, -0.15) is 0 Å². The zero-order chi connectivity index (χ0) is 17.6. The summed E-state index contributed by atoms with van der Waals surface area (Å²) >= 11 is 0. The molecule has 1 N–H and O–H groups in total. The molecule has 0 aromatic heterocycles. The Morgan fingerprint density at radius 1 is 0.920 bits per heavy atom. The molecule has 0 fully saturated rings. The molecule has 124 valence electrons. The second-order valence-corrected chi connectivity index (χ2v) is 6.02. The van der Waals surface area contributed by atoms with Crippen molar-refractivity contribution >= 4 is 17.5 Å². The predicted molar refractivity (Wildman–Crippen MR) is 110 cm³/mol. The Labute approximate surface area is 150 Å². The normalized spacial score (nSPS) is 10.3. The molecule has 0 atom stereocenters. The summed E-state index contributed by atoms with van der Waals surface area (Å²) < 4.78 is 0. The van der Waals surface area contributed by atoms with Crippen molar-refractivity contribution in [3.8, 4) is 11.1 Å². The molecule has 1 nitrogen and oxygen atoms in total. The summed E-state index contributed by atoms with van der Waals surface area (Å²) in [6.45, 7) is 10.2. The third kappa shape index (κ3) is 3.89. The summed E-state index contributed by atoms with van der Waals surface area (Å²) in [5, 5.41) is 3.47. The molecular weight excluding hydrogens is 302 g/mol. The maximum Gasteiger partial charge on any atom is 0.0417 e. The van der Waals surface area contributed by atoms with Gasteiger partial charge in [-0.25, -0.2) is 0 Å². The molecule has 0 bridgehead atoms. The number of benzene rings is 3. The van der Waals surface area contributed by atoms with Crippen LogP contribution in [0.3, 0.4) is 0 Å². The zero-order valence-corrected chi connectivity index (χ0v) is 14.6. The van der Waals surface area contributed by atoms with Crippen molar-refractivity contribution in [1.82, 2.24) is 0 Å². The second-order valence-electron chi connectivity index (χ2n) is 6.02. The lowest BCUT2D eigenvalue weighted by Gasteiger charge is -2.15. The lowest BCUT2D eigenvalue weighted by molar-refractivity contribution is 1.14. The first-order valence-electron chi connectivity index (χ1n) is 8.58. The molecule has 0 unspecified atom stereocenters. The van der Waals surface area contributed by atoms with Crippen molar-refractivity contribution in [2.45, 2.75) is 13.3 Å². The van der Waals surface area contributed by atoms with Crippen LogP contribution in [0.15, 0.2) is 86.0 Å². The van der Waals surface area contributed by atoms with Crippen LogP contribution in [0.2, 0.25) is 0 Å². The van der Waals surface area contributed by atoms with E-state index in [2.05, 4.69) is 92.1 Å². The molecule has 3 aromatic carbocycles. The Balaban J connectivity index is 1.84. The molecule has 0 amide bonds. The highest BCUT2D eigenvalue weighted by Gasteiger charge is 2.06. The smallest absolute Gasteiger partial charge is 0.0417 e. The maximum atomic E-state index is 4.19. The van der Waals surface area contributed by atoms with Gasteiger partial charge in [0.1, 0.15) is 0 Å². The molecule has 0 heterocycles. The maximum absolute atomic E-state index is 4.19. The Kier molecular flexibility index (Phi) is 5.15. The molecule has 1 heteroatoms. The van der Waals surface area contributed by atoms with Crippen LogP contribution < -0.4 is 5.32 Å². The quantitative estimate of drug-likeness (QED) is 0.535. The summed E-state index contributed by atoms with van der Waals surface area (Å²) in [4.78, 5) is 0. The monoisotopic (exact) mass is 325 g/mol. The summed E-state index contributed by atoms with van der Waals surface area (Å²) in [7, 11) is 0. The van der Waals surface area contributed by atoms with Crippen molar-refractivity contribution < 1.29 is 0 Å². The van der Waals surface area contributed by atoms with E-state index in [0.29, 0.717) is 0 Å². The van der Waals surface area contributed by atoms with Gasteiger partial charge in [0.15, 0.2) is 0 Å². The van der Waals surface area contributed by atoms with Crippen LogP contribution >= 0.6 is 0 Å². The molecule has 3 aromatic rings. The van der Waals surface area contributed by atoms with Gasteiger partial charge >= 0.3 is 0 Å². The van der Waals surface area contributed by atoms with E-state index < -0.39 is 0 Å². The van der Waals surface area contributed by atoms with Crippen molar-refractivity contribution in [2.75, 3.05) is 5.32 Å². The van der Waals surface area contributed by atoms with Crippen LogP contribution in [0.4, 0.5) is 5.69 Å². The third-order valence-electron chi connectivity index (χ3n) is 4.37. The predicted octanol–water partition coefficient (Wildman–Crippen LogP) is 6.64. The molecule has 0 aliphatic heterocycles. The van der Waals surface area contributed by atoms with Gasteiger partial charge in [-0.3, -0.25) is 0 Å². The first kappa shape index (κ1) is 16.8. The third-order valence-corrected chi connectivity index (χ3v) is 4.37. The molecule has 0 saturated heterocycles. The highest BCUT2D eigenvalue weighted by atomic mass is 14.9. The fraction of sp³-hybridized carbons (Fsp3) is 0.0833. The minimum atomic E-state index is 0.901. The summed E-state index contributed by atoms with van der Waals surface area (Å²) in [6, 6.07) is 25.3. The van der Waals surface area contributed by atoms with Crippen LogP contribution in [-0.2, 0) is 6.42 Å². The van der Waals surface area contributed by atoms with Gasteiger partial charge < -0.3 is 5.32 Å². The van der Waals surface area contributed by atoms with Gasteiger partial charge in [0, 0.05) is 11.4 Å². The van der Waals surface area contributed by atoms with E-state index in [1.165, 1.54) is 16.7 Å². The Morgan fingerprint density at radius 2 is 1.64 bits per heavy atom. The van der Waals surface area contributed by atoms with Gasteiger partial charge in [-0.05, 0) is 46.4 Å². The molecular formula is C24H23N. The van der Waals surface area contributed by atoms with Crippen LogP contribution in [0.5, 0.6) is 0 Å².